The molecule has 0 unspecified atom stereocenters. The van der Waals surface area contributed by atoms with Crippen molar-refractivity contribution in [2.45, 2.75) is 18.6 Å². The maximum atomic E-state index is 12.1. The Morgan fingerprint density at radius 1 is 1.25 bits per heavy atom. The Kier molecular flexibility index (Phi) is 5.10. The summed E-state index contributed by atoms with van der Waals surface area (Å²) in [5, 5.41) is 10.3. The average Bonchev–Trinajstić information content (AvgIpc) is 2.43. The van der Waals surface area contributed by atoms with Crippen LogP contribution in [0.15, 0.2) is 30.3 Å². The molecule has 0 heterocycles. The summed E-state index contributed by atoms with van der Waals surface area (Å²) < 4.78 is 10.0. The van der Waals surface area contributed by atoms with Gasteiger partial charge in [-0.3, -0.25) is 4.79 Å². The van der Waals surface area contributed by atoms with Crippen LogP contribution in [0.1, 0.15) is 6.92 Å². The van der Waals surface area contributed by atoms with Crippen LogP contribution in [0.2, 0.25) is 0 Å². The first-order valence-corrected chi connectivity index (χ1v) is 6.04. The van der Waals surface area contributed by atoms with Gasteiger partial charge in [0.25, 0.3) is 5.91 Å². The van der Waals surface area contributed by atoms with Crippen molar-refractivity contribution in [1.29, 1.82) is 0 Å². The van der Waals surface area contributed by atoms with Crippen molar-refractivity contribution in [2.75, 3.05) is 21.2 Å². The Morgan fingerprint density at radius 2 is 1.80 bits per heavy atom. The van der Waals surface area contributed by atoms with Crippen molar-refractivity contribution >= 4 is 11.9 Å². The van der Waals surface area contributed by atoms with Crippen LogP contribution in [0.25, 0.3) is 0 Å². The molecule has 0 fully saturated rings. The van der Waals surface area contributed by atoms with Gasteiger partial charge in [-0.15, -0.1) is 0 Å². The number of nitrogens with zero attached hydrogens (tertiary/aromatic N) is 1. The molecule has 1 aromatic rings. The number of hydrogen-bond acceptors (Lipinski definition) is 5. The molecule has 0 saturated carbocycles. The number of amides is 1. The van der Waals surface area contributed by atoms with Gasteiger partial charge < -0.3 is 19.5 Å². The lowest BCUT2D eigenvalue weighted by Gasteiger charge is -2.31. The standard InChI is InChI=1S/C14H19NO5/c1-14(18,13(17)19-4)11(12(16)15(2)3)20-10-8-6-5-7-9-10/h5-9,11,18H,1-4H3/t11-,14-/m1/s1. The van der Waals surface area contributed by atoms with E-state index < -0.39 is 23.6 Å². The second-order valence-corrected chi connectivity index (χ2v) is 4.68. The van der Waals surface area contributed by atoms with Gasteiger partial charge in [-0.25, -0.2) is 4.79 Å². The van der Waals surface area contributed by atoms with E-state index in [4.69, 9.17) is 4.74 Å². The summed E-state index contributed by atoms with van der Waals surface area (Å²) in [5.74, 6) is -1.10. The van der Waals surface area contributed by atoms with E-state index in [1.807, 2.05) is 0 Å². The number of esters is 1. The van der Waals surface area contributed by atoms with Crippen LogP contribution < -0.4 is 4.74 Å². The highest BCUT2D eigenvalue weighted by Crippen LogP contribution is 2.21. The lowest BCUT2D eigenvalue weighted by Crippen LogP contribution is -2.57. The number of methoxy groups -OCH3 is 1. The Balaban J connectivity index is 3.09. The third-order valence-corrected chi connectivity index (χ3v) is 2.77. The lowest BCUT2D eigenvalue weighted by atomic mass is 9.98. The predicted molar refractivity (Wildman–Crippen MR) is 72.2 cm³/mol. The number of aliphatic hydroxyl groups is 1. The van der Waals surface area contributed by atoms with Crippen LogP contribution in [0, 0.1) is 0 Å². The number of benzene rings is 1. The number of rotatable bonds is 5. The number of ether oxygens (including phenoxy) is 2. The Hall–Kier alpha value is -2.08. The van der Waals surface area contributed by atoms with Gasteiger partial charge >= 0.3 is 5.97 Å². The van der Waals surface area contributed by atoms with Crippen molar-refractivity contribution < 1.29 is 24.2 Å². The molecule has 6 heteroatoms. The highest BCUT2D eigenvalue weighted by molar-refractivity contribution is 5.91. The zero-order chi connectivity index (χ0) is 15.3. The Morgan fingerprint density at radius 3 is 2.25 bits per heavy atom. The van der Waals surface area contributed by atoms with Crippen LogP contribution in [-0.2, 0) is 14.3 Å². The average molecular weight is 281 g/mol. The first-order valence-electron chi connectivity index (χ1n) is 6.04. The van der Waals surface area contributed by atoms with Crippen molar-refractivity contribution in [3.63, 3.8) is 0 Å². The van der Waals surface area contributed by atoms with Gasteiger partial charge in [0.15, 0.2) is 0 Å². The van der Waals surface area contributed by atoms with Gasteiger partial charge in [0, 0.05) is 14.1 Å². The molecule has 0 saturated heterocycles. The van der Waals surface area contributed by atoms with E-state index in [1.165, 1.54) is 25.9 Å². The Bertz CT molecular complexity index is 470. The molecule has 0 bridgehead atoms. The molecule has 1 aromatic carbocycles. The molecular formula is C14H19NO5. The van der Waals surface area contributed by atoms with E-state index >= 15 is 0 Å². The van der Waals surface area contributed by atoms with Gasteiger partial charge in [0.05, 0.1) is 7.11 Å². The molecule has 6 nitrogen and oxygen atoms in total. The molecule has 0 aliphatic carbocycles. The Labute approximate surface area is 117 Å². The topological polar surface area (TPSA) is 76.1 Å². The molecule has 1 rings (SSSR count). The van der Waals surface area contributed by atoms with Crippen LogP contribution in [0.5, 0.6) is 5.75 Å². The molecule has 0 aliphatic rings. The van der Waals surface area contributed by atoms with Crippen molar-refractivity contribution in [3.05, 3.63) is 30.3 Å². The van der Waals surface area contributed by atoms with E-state index in [1.54, 1.807) is 30.3 Å². The summed E-state index contributed by atoms with van der Waals surface area (Å²) in [6.07, 6.45) is -1.40. The molecule has 2 atom stereocenters. The quantitative estimate of drug-likeness (QED) is 0.793. The molecule has 0 spiro atoms. The molecular weight excluding hydrogens is 262 g/mol. The van der Waals surface area contributed by atoms with E-state index in [2.05, 4.69) is 4.74 Å². The van der Waals surface area contributed by atoms with Crippen LogP contribution in [-0.4, -0.2) is 54.8 Å². The summed E-state index contributed by atoms with van der Waals surface area (Å²) >= 11 is 0. The number of likely N-dealkylation sites (N-methyl/N-ethyl adjacent to an activating group) is 1. The van der Waals surface area contributed by atoms with E-state index in [0.717, 1.165) is 7.11 Å². The fourth-order valence-corrected chi connectivity index (χ4v) is 1.59. The van der Waals surface area contributed by atoms with Crippen molar-refractivity contribution in [2.24, 2.45) is 0 Å². The van der Waals surface area contributed by atoms with Gasteiger partial charge in [0.1, 0.15) is 5.75 Å². The van der Waals surface area contributed by atoms with Gasteiger partial charge in [-0.2, -0.15) is 0 Å². The number of carbonyl (C=O) groups is 2. The van der Waals surface area contributed by atoms with Crippen molar-refractivity contribution in [3.8, 4) is 5.75 Å². The maximum Gasteiger partial charge on any atom is 0.342 e. The molecule has 20 heavy (non-hydrogen) atoms. The SMILES string of the molecule is COC(=O)[C@](C)(O)[C@H](Oc1ccccc1)C(=O)N(C)C. The van der Waals surface area contributed by atoms with Crippen molar-refractivity contribution in [1.82, 2.24) is 4.90 Å². The maximum absolute atomic E-state index is 12.1. The summed E-state index contributed by atoms with van der Waals surface area (Å²) in [6, 6.07) is 8.49. The molecule has 1 N–H and O–H groups in total. The predicted octanol–water partition coefficient (Wildman–Crippen LogP) is 0.446. The monoisotopic (exact) mass is 281 g/mol. The smallest absolute Gasteiger partial charge is 0.342 e. The van der Waals surface area contributed by atoms with Crippen LogP contribution in [0.3, 0.4) is 0 Å². The zero-order valence-corrected chi connectivity index (χ0v) is 12.0. The zero-order valence-electron chi connectivity index (χ0n) is 12.0. The van der Waals surface area contributed by atoms with E-state index in [9.17, 15) is 14.7 Å². The van der Waals surface area contributed by atoms with Crippen LogP contribution in [0.4, 0.5) is 0 Å². The fraction of sp³-hybridized carbons (Fsp3) is 0.429. The minimum absolute atomic E-state index is 0.372. The van der Waals surface area contributed by atoms with Gasteiger partial charge in [-0.1, -0.05) is 18.2 Å². The van der Waals surface area contributed by atoms with Gasteiger partial charge in [-0.05, 0) is 19.1 Å². The lowest BCUT2D eigenvalue weighted by molar-refractivity contribution is -0.176. The normalized spacial score (nSPS) is 14.8. The second-order valence-electron chi connectivity index (χ2n) is 4.68. The van der Waals surface area contributed by atoms with E-state index in [0.29, 0.717) is 5.75 Å². The minimum Gasteiger partial charge on any atom is -0.477 e. The van der Waals surface area contributed by atoms with E-state index in [-0.39, 0.29) is 0 Å². The molecule has 0 radical (unpaired) electrons. The number of hydrogen-bond donors (Lipinski definition) is 1. The highest BCUT2D eigenvalue weighted by Gasteiger charge is 2.47. The minimum atomic E-state index is -2.09. The number of para-hydroxylation sites is 1. The molecule has 1 amide bonds. The largest absolute Gasteiger partial charge is 0.477 e. The summed E-state index contributed by atoms with van der Waals surface area (Å²) in [5.41, 5.74) is -2.09. The van der Waals surface area contributed by atoms with Gasteiger partial charge in [0.2, 0.25) is 11.7 Å². The highest BCUT2D eigenvalue weighted by atomic mass is 16.6. The fourth-order valence-electron chi connectivity index (χ4n) is 1.59. The third-order valence-electron chi connectivity index (χ3n) is 2.77. The summed E-state index contributed by atoms with van der Waals surface area (Å²) in [4.78, 5) is 25.1. The van der Waals surface area contributed by atoms with Crippen LogP contribution >= 0.6 is 0 Å². The summed E-state index contributed by atoms with van der Waals surface area (Å²) in [7, 11) is 4.16. The second kappa shape index (κ2) is 6.38. The molecule has 0 aliphatic heterocycles. The number of carbonyl (C=O) groups excluding carboxylic acids is 2. The summed E-state index contributed by atoms with van der Waals surface area (Å²) in [6.45, 7) is 1.19. The molecule has 110 valence electrons. The first-order chi connectivity index (χ1) is 9.30. The first kappa shape index (κ1) is 16.0. The molecule has 0 aromatic heterocycles. The third kappa shape index (κ3) is 3.48.